The number of methoxy groups -OCH3 is 1. The maximum atomic E-state index is 12.7. The van der Waals surface area contributed by atoms with Crippen molar-refractivity contribution < 1.29 is 17.9 Å². The predicted octanol–water partition coefficient (Wildman–Crippen LogP) is 5.03. The number of nitrogens with zero attached hydrogens (tertiary/aromatic N) is 2. The van der Waals surface area contributed by atoms with Gasteiger partial charge in [0, 0.05) is 30.7 Å². The highest BCUT2D eigenvalue weighted by molar-refractivity contribution is 5.81. The molecular weight excluding hydrogens is 393 g/mol. The van der Waals surface area contributed by atoms with Gasteiger partial charge in [0.05, 0.1) is 18.9 Å². The summed E-state index contributed by atoms with van der Waals surface area (Å²) in [6.45, 7) is 0.526. The van der Waals surface area contributed by atoms with Crippen molar-refractivity contribution in [3.63, 3.8) is 0 Å². The average Bonchev–Trinajstić information content (AvgIpc) is 3.15. The first-order chi connectivity index (χ1) is 14.4. The van der Waals surface area contributed by atoms with Gasteiger partial charge < -0.3 is 15.0 Å². The number of allylic oxidation sites excluding steroid dienone is 3. The van der Waals surface area contributed by atoms with Crippen LogP contribution in [0.1, 0.15) is 17.5 Å². The van der Waals surface area contributed by atoms with E-state index in [1.54, 1.807) is 25.6 Å². The van der Waals surface area contributed by atoms with Gasteiger partial charge in [-0.25, -0.2) is 9.97 Å². The number of nitrogens with one attached hydrogen (secondary N) is 2. The van der Waals surface area contributed by atoms with Crippen LogP contribution in [0.5, 0.6) is 5.75 Å². The molecule has 3 aromatic rings. The maximum Gasteiger partial charge on any atom is 0.416 e. The summed E-state index contributed by atoms with van der Waals surface area (Å²) >= 11 is 0. The second-order valence-electron chi connectivity index (χ2n) is 7.21. The van der Waals surface area contributed by atoms with Gasteiger partial charge in [-0.3, -0.25) is 0 Å². The molecule has 0 amide bonds. The minimum Gasteiger partial charge on any atom is -0.495 e. The molecule has 0 bridgehead atoms. The number of rotatable bonds is 6. The lowest BCUT2D eigenvalue weighted by Gasteiger charge is -2.18. The van der Waals surface area contributed by atoms with Crippen LogP contribution in [-0.4, -0.2) is 34.8 Å². The lowest BCUT2D eigenvalue weighted by molar-refractivity contribution is -0.0887. The van der Waals surface area contributed by atoms with Gasteiger partial charge in [0.15, 0.2) is 0 Å². The average molecular weight is 414 g/mol. The smallest absolute Gasteiger partial charge is 0.416 e. The highest BCUT2D eigenvalue weighted by Gasteiger charge is 2.32. The molecule has 1 aliphatic carbocycles. The van der Waals surface area contributed by atoms with Crippen LogP contribution >= 0.6 is 0 Å². The number of fused-ring (bicyclic) bond motifs is 1. The van der Waals surface area contributed by atoms with Gasteiger partial charge in [-0.15, -0.1) is 0 Å². The zero-order valence-electron chi connectivity index (χ0n) is 16.3. The van der Waals surface area contributed by atoms with E-state index in [2.05, 4.69) is 20.3 Å². The third kappa shape index (κ3) is 4.48. The molecule has 3 aromatic heterocycles. The Balaban J connectivity index is 1.35. The fourth-order valence-electron chi connectivity index (χ4n) is 3.41. The van der Waals surface area contributed by atoms with Crippen LogP contribution in [0, 0.1) is 5.92 Å². The van der Waals surface area contributed by atoms with E-state index < -0.39 is 11.7 Å². The van der Waals surface area contributed by atoms with E-state index in [1.165, 1.54) is 6.08 Å². The van der Waals surface area contributed by atoms with Gasteiger partial charge in [0.1, 0.15) is 17.2 Å². The molecule has 0 radical (unpaired) electrons. The molecule has 156 valence electrons. The third-order valence-electron chi connectivity index (χ3n) is 5.11. The minimum atomic E-state index is -4.28. The first-order valence-corrected chi connectivity index (χ1v) is 9.57. The lowest BCUT2D eigenvalue weighted by Crippen LogP contribution is -2.18. The Hall–Kier alpha value is -3.29. The SMILES string of the molecule is COc1cnc2[nH]cc(Cc3ccc(NCC4C=CC(C(F)(F)F)=CC4)nc3)c2c1. The maximum absolute atomic E-state index is 12.7. The van der Waals surface area contributed by atoms with Gasteiger partial charge in [0.25, 0.3) is 0 Å². The number of H-pyrrole nitrogens is 1. The molecular formula is C22H21F3N4O. The van der Waals surface area contributed by atoms with Gasteiger partial charge in [0.2, 0.25) is 0 Å². The normalized spacial score (nSPS) is 16.5. The highest BCUT2D eigenvalue weighted by Crippen LogP contribution is 2.31. The molecule has 1 aliphatic rings. The number of pyridine rings is 2. The van der Waals surface area contributed by atoms with Crippen molar-refractivity contribution in [2.24, 2.45) is 5.92 Å². The Kier molecular flexibility index (Phi) is 5.48. The number of aromatic nitrogens is 3. The molecule has 4 rings (SSSR count). The molecule has 2 N–H and O–H groups in total. The zero-order chi connectivity index (χ0) is 21.1. The second-order valence-corrected chi connectivity index (χ2v) is 7.21. The van der Waals surface area contributed by atoms with Crippen LogP contribution in [0.15, 0.2) is 60.6 Å². The molecule has 30 heavy (non-hydrogen) atoms. The Morgan fingerprint density at radius 3 is 2.77 bits per heavy atom. The molecule has 0 saturated carbocycles. The van der Waals surface area contributed by atoms with Crippen LogP contribution in [-0.2, 0) is 6.42 Å². The fourth-order valence-corrected chi connectivity index (χ4v) is 3.41. The zero-order valence-corrected chi connectivity index (χ0v) is 16.3. The minimum absolute atomic E-state index is 0.00581. The number of aromatic amines is 1. The number of hydrogen-bond acceptors (Lipinski definition) is 4. The fraction of sp³-hybridized carbons (Fsp3) is 0.273. The van der Waals surface area contributed by atoms with Crippen LogP contribution in [0.25, 0.3) is 11.0 Å². The van der Waals surface area contributed by atoms with E-state index >= 15 is 0 Å². The van der Waals surface area contributed by atoms with Crippen molar-refractivity contribution in [2.75, 3.05) is 19.0 Å². The molecule has 3 heterocycles. The standard InChI is InChI=1S/C22H21F3N4O/c1-30-18-9-19-16(12-28-21(19)29-13-18)8-15-4-7-20(27-11-15)26-10-14-2-5-17(6-3-14)22(23,24)25/h2,4-7,9,11-14H,3,8,10H2,1H3,(H,26,27)(H,28,29). The van der Waals surface area contributed by atoms with E-state index in [9.17, 15) is 13.2 Å². The molecule has 8 heteroatoms. The quantitative estimate of drug-likeness (QED) is 0.594. The Bertz CT molecular complexity index is 1080. The van der Waals surface area contributed by atoms with Gasteiger partial charge in [-0.05, 0) is 35.6 Å². The number of ether oxygens (including phenoxy) is 1. The Morgan fingerprint density at radius 1 is 1.23 bits per heavy atom. The number of hydrogen-bond donors (Lipinski definition) is 2. The molecule has 0 saturated heterocycles. The summed E-state index contributed by atoms with van der Waals surface area (Å²) in [5, 5.41) is 4.20. The summed E-state index contributed by atoms with van der Waals surface area (Å²) in [6, 6.07) is 5.82. The van der Waals surface area contributed by atoms with E-state index in [4.69, 9.17) is 4.74 Å². The highest BCUT2D eigenvalue weighted by atomic mass is 19.4. The van der Waals surface area contributed by atoms with Gasteiger partial charge in [-0.2, -0.15) is 13.2 Å². The summed E-state index contributed by atoms with van der Waals surface area (Å²) in [5.74, 6) is 1.40. The summed E-state index contributed by atoms with van der Waals surface area (Å²) in [6.07, 6.45) is 6.17. The van der Waals surface area contributed by atoms with Crippen LogP contribution in [0.2, 0.25) is 0 Å². The number of halogens is 3. The van der Waals surface area contributed by atoms with Crippen LogP contribution in [0.3, 0.4) is 0 Å². The molecule has 1 atom stereocenters. The predicted molar refractivity (Wildman–Crippen MR) is 110 cm³/mol. The largest absolute Gasteiger partial charge is 0.495 e. The second kappa shape index (κ2) is 8.22. The van der Waals surface area contributed by atoms with E-state index in [1.807, 2.05) is 24.4 Å². The molecule has 1 unspecified atom stereocenters. The van der Waals surface area contributed by atoms with Crippen molar-refractivity contribution in [1.29, 1.82) is 0 Å². The lowest BCUT2D eigenvalue weighted by atomic mass is 9.96. The number of alkyl halides is 3. The van der Waals surface area contributed by atoms with Crippen molar-refractivity contribution in [1.82, 2.24) is 15.0 Å². The van der Waals surface area contributed by atoms with E-state index in [0.29, 0.717) is 31.0 Å². The summed E-state index contributed by atoms with van der Waals surface area (Å²) < 4.78 is 43.2. The summed E-state index contributed by atoms with van der Waals surface area (Å²) in [4.78, 5) is 11.9. The van der Waals surface area contributed by atoms with Gasteiger partial charge >= 0.3 is 6.18 Å². The molecule has 0 aliphatic heterocycles. The monoisotopic (exact) mass is 414 g/mol. The van der Waals surface area contributed by atoms with Crippen molar-refractivity contribution in [3.05, 3.63) is 71.7 Å². The summed E-state index contributed by atoms with van der Waals surface area (Å²) in [5.41, 5.74) is 2.37. The van der Waals surface area contributed by atoms with Gasteiger partial charge in [-0.1, -0.05) is 24.3 Å². The topological polar surface area (TPSA) is 62.8 Å². The number of anilines is 1. The van der Waals surface area contributed by atoms with Crippen molar-refractivity contribution >= 4 is 16.9 Å². The molecule has 0 fully saturated rings. The third-order valence-corrected chi connectivity index (χ3v) is 5.11. The Labute approximate surface area is 171 Å². The molecule has 0 aromatic carbocycles. The molecule has 5 nitrogen and oxygen atoms in total. The van der Waals surface area contributed by atoms with Crippen molar-refractivity contribution in [2.45, 2.75) is 19.0 Å². The van der Waals surface area contributed by atoms with Crippen molar-refractivity contribution in [3.8, 4) is 5.75 Å². The van der Waals surface area contributed by atoms with Crippen LogP contribution < -0.4 is 10.1 Å². The van der Waals surface area contributed by atoms with E-state index in [-0.39, 0.29) is 5.92 Å². The first-order valence-electron chi connectivity index (χ1n) is 9.57. The first kappa shape index (κ1) is 20.0. The summed E-state index contributed by atoms with van der Waals surface area (Å²) in [7, 11) is 1.61. The Morgan fingerprint density at radius 2 is 2.10 bits per heavy atom. The van der Waals surface area contributed by atoms with E-state index in [0.717, 1.165) is 28.2 Å². The molecule has 0 spiro atoms. The van der Waals surface area contributed by atoms with Crippen LogP contribution in [0.4, 0.5) is 19.0 Å².